The zero-order chi connectivity index (χ0) is 29.9. The number of fused-ring (bicyclic) bond motifs is 1. The Kier molecular flexibility index (Phi) is 7.72. The lowest BCUT2D eigenvalue weighted by atomic mass is 9.93. The molecule has 6 rings (SSSR count). The number of ether oxygens (including phenoxy) is 2. The summed E-state index contributed by atoms with van der Waals surface area (Å²) in [6.45, 7) is 1.93. The van der Waals surface area contributed by atoms with E-state index in [2.05, 4.69) is 0 Å². The molecule has 214 valence electrons. The predicted octanol–water partition coefficient (Wildman–Crippen LogP) is 4.98. The van der Waals surface area contributed by atoms with Crippen molar-refractivity contribution in [3.05, 3.63) is 145 Å². The maximum absolute atomic E-state index is 14.0. The summed E-state index contributed by atoms with van der Waals surface area (Å²) in [5, 5.41) is 0. The lowest BCUT2D eigenvalue weighted by Gasteiger charge is -2.25. The zero-order valence-electron chi connectivity index (χ0n) is 23.4. The number of thiazole rings is 1. The first-order valence-electron chi connectivity index (χ1n) is 13.6. The molecule has 0 saturated heterocycles. The standard InChI is InChI=1S/C34H26N2O6S/c1-3-41-33(39)28-29(22-10-6-4-7-11-22)35-34-36(30(28)23-12-8-5-9-13-23)31(37)27(43-34)20-25-18-19-26(42-25)21-14-16-24(17-15-21)32(38)40-2/h4-20,30H,3H2,1-2H3/b27-20-. The highest BCUT2D eigenvalue weighted by Gasteiger charge is 2.35. The van der Waals surface area contributed by atoms with Crippen molar-refractivity contribution in [3.8, 4) is 11.3 Å². The number of furan rings is 1. The molecule has 1 unspecified atom stereocenters. The molecule has 1 aliphatic heterocycles. The maximum Gasteiger partial charge on any atom is 0.338 e. The molecule has 2 aromatic heterocycles. The highest BCUT2D eigenvalue weighted by atomic mass is 32.1. The molecule has 0 bridgehead atoms. The third-order valence-corrected chi connectivity index (χ3v) is 7.96. The van der Waals surface area contributed by atoms with E-state index in [1.807, 2.05) is 60.7 Å². The van der Waals surface area contributed by atoms with Crippen LogP contribution in [0, 0.1) is 0 Å². The number of nitrogens with zero attached hydrogens (tertiary/aromatic N) is 2. The minimum absolute atomic E-state index is 0.183. The second-order valence-electron chi connectivity index (χ2n) is 9.61. The van der Waals surface area contributed by atoms with Crippen LogP contribution in [0.5, 0.6) is 0 Å². The number of hydrogen-bond donors (Lipinski definition) is 0. The van der Waals surface area contributed by atoms with Crippen LogP contribution in [0.1, 0.15) is 40.2 Å². The summed E-state index contributed by atoms with van der Waals surface area (Å²) in [7, 11) is 1.33. The molecule has 5 aromatic rings. The molecule has 3 heterocycles. The van der Waals surface area contributed by atoms with Crippen molar-refractivity contribution in [2.45, 2.75) is 13.0 Å². The van der Waals surface area contributed by atoms with Crippen LogP contribution < -0.4 is 14.9 Å². The second kappa shape index (κ2) is 11.9. The van der Waals surface area contributed by atoms with Crippen molar-refractivity contribution in [3.63, 3.8) is 0 Å². The number of carbonyl (C=O) groups excluding carboxylic acids is 2. The Hall–Kier alpha value is -5.28. The van der Waals surface area contributed by atoms with Gasteiger partial charge in [-0.05, 0) is 36.8 Å². The number of carbonyl (C=O) groups is 2. The van der Waals surface area contributed by atoms with E-state index in [1.165, 1.54) is 18.4 Å². The van der Waals surface area contributed by atoms with Gasteiger partial charge < -0.3 is 13.9 Å². The number of rotatable bonds is 7. The number of aromatic nitrogens is 1. The van der Waals surface area contributed by atoms with Gasteiger partial charge in [-0.15, -0.1) is 0 Å². The number of benzene rings is 3. The van der Waals surface area contributed by atoms with Gasteiger partial charge in [-0.25, -0.2) is 14.6 Å². The van der Waals surface area contributed by atoms with Crippen LogP contribution in [0.25, 0.3) is 23.1 Å². The Balaban J connectivity index is 1.49. The third kappa shape index (κ3) is 5.38. The predicted molar refractivity (Wildman–Crippen MR) is 163 cm³/mol. The van der Waals surface area contributed by atoms with Gasteiger partial charge in [0.2, 0.25) is 0 Å². The van der Waals surface area contributed by atoms with Gasteiger partial charge in [-0.1, -0.05) is 84.1 Å². The van der Waals surface area contributed by atoms with Gasteiger partial charge in [-0.3, -0.25) is 9.36 Å². The SMILES string of the molecule is CCOC(=O)C1=C(c2ccccc2)N=c2s/c(=C\c3ccc(-c4ccc(C(=O)OC)cc4)o3)c(=O)n2C1c1ccccc1. The van der Waals surface area contributed by atoms with Crippen LogP contribution >= 0.6 is 11.3 Å². The molecule has 0 amide bonds. The summed E-state index contributed by atoms with van der Waals surface area (Å²) in [5.41, 5.74) is 3.18. The summed E-state index contributed by atoms with van der Waals surface area (Å²) in [6, 6.07) is 28.5. The van der Waals surface area contributed by atoms with E-state index < -0.39 is 18.0 Å². The first-order chi connectivity index (χ1) is 21.0. The number of methoxy groups -OCH3 is 1. The van der Waals surface area contributed by atoms with Crippen molar-refractivity contribution >= 4 is 35.0 Å². The summed E-state index contributed by atoms with van der Waals surface area (Å²) in [5.74, 6) is 0.106. The lowest BCUT2D eigenvalue weighted by molar-refractivity contribution is -0.138. The van der Waals surface area contributed by atoms with E-state index >= 15 is 0 Å². The number of hydrogen-bond acceptors (Lipinski definition) is 8. The summed E-state index contributed by atoms with van der Waals surface area (Å²) >= 11 is 1.22. The van der Waals surface area contributed by atoms with Crippen LogP contribution in [0.4, 0.5) is 0 Å². The largest absolute Gasteiger partial charge is 0.465 e. The van der Waals surface area contributed by atoms with Gasteiger partial charge in [-0.2, -0.15) is 0 Å². The molecular weight excluding hydrogens is 564 g/mol. The molecule has 8 nitrogen and oxygen atoms in total. The minimum Gasteiger partial charge on any atom is -0.465 e. The summed E-state index contributed by atoms with van der Waals surface area (Å²) in [4.78, 5) is 44.6. The monoisotopic (exact) mass is 590 g/mol. The lowest BCUT2D eigenvalue weighted by Crippen LogP contribution is -2.39. The van der Waals surface area contributed by atoms with E-state index in [0.717, 1.165) is 16.7 Å². The van der Waals surface area contributed by atoms with Gasteiger partial charge >= 0.3 is 11.9 Å². The molecule has 1 atom stereocenters. The van der Waals surface area contributed by atoms with E-state index in [-0.39, 0.29) is 12.2 Å². The third-order valence-electron chi connectivity index (χ3n) is 6.98. The van der Waals surface area contributed by atoms with Gasteiger partial charge in [0.05, 0.1) is 41.1 Å². The highest BCUT2D eigenvalue weighted by molar-refractivity contribution is 7.07. The maximum atomic E-state index is 14.0. The van der Waals surface area contributed by atoms with Crippen molar-refractivity contribution in [2.24, 2.45) is 4.99 Å². The van der Waals surface area contributed by atoms with Gasteiger partial charge in [0.1, 0.15) is 11.5 Å². The molecule has 0 saturated carbocycles. The van der Waals surface area contributed by atoms with E-state index in [9.17, 15) is 14.4 Å². The quantitative estimate of drug-likeness (QED) is 0.248. The van der Waals surface area contributed by atoms with E-state index in [4.69, 9.17) is 18.9 Å². The second-order valence-corrected chi connectivity index (χ2v) is 10.6. The molecule has 1 aliphatic rings. The Morgan fingerprint density at radius 3 is 2.28 bits per heavy atom. The average molecular weight is 591 g/mol. The molecule has 0 fully saturated rings. The first-order valence-corrected chi connectivity index (χ1v) is 14.4. The van der Waals surface area contributed by atoms with E-state index in [1.54, 1.807) is 54.0 Å². The van der Waals surface area contributed by atoms with E-state index in [0.29, 0.717) is 37.7 Å². The summed E-state index contributed by atoms with van der Waals surface area (Å²) < 4.78 is 18.3. The van der Waals surface area contributed by atoms with Crippen LogP contribution in [-0.4, -0.2) is 30.2 Å². The minimum atomic E-state index is -0.741. The molecule has 0 radical (unpaired) electrons. The molecule has 43 heavy (non-hydrogen) atoms. The molecule has 0 aliphatic carbocycles. The fraction of sp³-hybridized carbons (Fsp3) is 0.118. The average Bonchev–Trinajstić information content (AvgIpc) is 3.64. The van der Waals surface area contributed by atoms with Crippen molar-refractivity contribution in [2.75, 3.05) is 13.7 Å². The molecule has 3 aromatic carbocycles. The van der Waals surface area contributed by atoms with Gasteiger partial charge in [0.25, 0.3) is 5.56 Å². The van der Waals surface area contributed by atoms with Crippen molar-refractivity contribution in [1.82, 2.24) is 4.57 Å². The Labute approximate surface area is 250 Å². The molecular formula is C34H26N2O6S. The smallest absolute Gasteiger partial charge is 0.338 e. The summed E-state index contributed by atoms with van der Waals surface area (Å²) in [6.07, 6.45) is 1.68. The highest BCUT2D eigenvalue weighted by Crippen LogP contribution is 2.35. The first kappa shape index (κ1) is 27.9. The van der Waals surface area contributed by atoms with Crippen LogP contribution in [-0.2, 0) is 14.3 Å². The molecule has 0 spiro atoms. The zero-order valence-corrected chi connectivity index (χ0v) is 24.2. The fourth-order valence-corrected chi connectivity index (χ4v) is 5.98. The van der Waals surface area contributed by atoms with Gasteiger partial charge in [0, 0.05) is 17.2 Å². The Morgan fingerprint density at radius 2 is 1.60 bits per heavy atom. The fourth-order valence-electron chi connectivity index (χ4n) is 4.99. The van der Waals surface area contributed by atoms with Crippen molar-refractivity contribution < 1.29 is 23.5 Å². The van der Waals surface area contributed by atoms with Crippen LogP contribution in [0.2, 0.25) is 0 Å². The van der Waals surface area contributed by atoms with Crippen LogP contribution in [0.3, 0.4) is 0 Å². The van der Waals surface area contributed by atoms with Crippen LogP contribution in [0.15, 0.2) is 117 Å². The van der Waals surface area contributed by atoms with Gasteiger partial charge in [0.15, 0.2) is 4.80 Å². The normalized spacial score (nSPS) is 14.7. The Bertz CT molecular complexity index is 2020. The molecule has 9 heteroatoms. The topological polar surface area (TPSA) is 100 Å². The van der Waals surface area contributed by atoms with Crippen molar-refractivity contribution in [1.29, 1.82) is 0 Å². The Morgan fingerprint density at radius 1 is 0.907 bits per heavy atom. The number of esters is 2. The molecule has 0 N–H and O–H groups in total.